The number of aryl methyl sites for hydroxylation is 1. The van der Waals surface area contributed by atoms with E-state index in [1.807, 2.05) is 30.0 Å². The smallest absolute Gasteiger partial charge is 0.227 e. The van der Waals surface area contributed by atoms with E-state index in [1.165, 1.54) is 12.1 Å². The summed E-state index contributed by atoms with van der Waals surface area (Å²) >= 11 is 0. The first-order chi connectivity index (χ1) is 13.6. The molecule has 1 saturated heterocycles. The highest BCUT2D eigenvalue weighted by Gasteiger charge is 2.31. The van der Waals surface area contributed by atoms with Crippen molar-refractivity contribution in [3.63, 3.8) is 0 Å². The third-order valence-corrected chi connectivity index (χ3v) is 5.26. The Morgan fingerprint density at radius 2 is 1.82 bits per heavy atom. The van der Waals surface area contributed by atoms with Crippen molar-refractivity contribution in [3.8, 4) is 11.1 Å². The summed E-state index contributed by atoms with van der Waals surface area (Å²) in [7, 11) is 0. The third-order valence-electron chi connectivity index (χ3n) is 5.26. The van der Waals surface area contributed by atoms with Crippen molar-refractivity contribution in [1.29, 1.82) is 0 Å². The third kappa shape index (κ3) is 3.96. The van der Waals surface area contributed by atoms with Gasteiger partial charge < -0.3 is 4.90 Å². The molecular formula is C24H23FN2O. The van der Waals surface area contributed by atoms with Gasteiger partial charge in [0.25, 0.3) is 0 Å². The van der Waals surface area contributed by atoms with Crippen LogP contribution in [0.25, 0.3) is 11.1 Å². The maximum absolute atomic E-state index is 13.1. The van der Waals surface area contributed by atoms with Gasteiger partial charge in [-0.05, 0) is 60.7 Å². The predicted molar refractivity (Wildman–Crippen MR) is 108 cm³/mol. The lowest BCUT2D eigenvalue weighted by Gasteiger charge is -2.25. The lowest BCUT2D eigenvalue weighted by molar-refractivity contribution is -0.131. The highest BCUT2D eigenvalue weighted by Crippen LogP contribution is 2.33. The molecule has 0 radical (unpaired) electrons. The van der Waals surface area contributed by atoms with E-state index in [0.29, 0.717) is 0 Å². The molecule has 3 nitrogen and oxygen atoms in total. The van der Waals surface area contributed by atoms with Crippen molar-refractivity contribution < 1.29 is 9.18 Å². The first kappa shape index (κ1) is 18.4. The largest absolute Gasteiger partial charge is 0.334 e. The van der Waals surface area contributed by atoms with E-state index < -0.39 is 0 Å². The minimum absolute atomic E-state index is 0.00434. The molecule has 0 N–H and O–H groups in total. The lowest BCUT2D eigenvalue weighted by Crippen LogP contribution is -2.32. The van der Waals surface area contributed by atoms with Gasteiger partial charge in [-0.25, -0.2) is 4.39 Å². The number of rotatable bonds is 4. The van der Waals surface area contributed by atoms with E-state index in [1.54, 1.807) is 12.1 Å². The highest BCUT2D eigenvalue weighted by molar-refractivity contribution is 5.79. The van der Waals surface area contributed by atoms with Crippen LogP contribution in [0.5, 0.6) is 0 Å². The minimum atomic E-state index is -0.285. The Balaban J connectivity index is 1.58. The van der Waals surface area contributed by atoms with E-state index in [-0.39, 0.29) is 24.2 Å². The summed E-state index contributed by atoms with van der Waals surface area (Å²) in [4.78, 5) is 19.6. The number of pyridine rings is 1. The molecule has 0 unspecified atom stereocenters. The van der Waals surface area contributed by atoms with Gasteiger partial charge >= 0.3 is 0 Å². The topological polar surface area (TPSA) is 33.2 Å². The van der Waals surface area contributed by atoms with Crippen molar-refractivity contribution in [1.82, 2.24) is 9.88 Å². The molecule has 3 aromatic rings. The molecule has 1 aliphatic rings. The fourth-order valence-corrected chi connectivity index (χ4v) is 3.91. The monoisotopic (exact) mass is 374 g/mol. The molecule has 1 aliphatic heterocycles. The maximum atomic E-state index is 13.1. The number of carbonyl (C=O) groups is 1. The zero-order valence-corrected chi connectivity index (χ0v) is 15.9. The van der Waals surface area contributed by atoms with Gasteiger partial charge in [-0.15, -0.1) is 0 Å². The molecule has 2 aromatic carbocycles. The fraction of sp³-hybridized carbons (Fsp3) is 0.250. The number of hydrogen-bond acceptors (Lipinski definition) is 2. The van der Waals surface area contributed by atoms with Crippen LogP contribution >= 0.6 is 0 Å². The van der Waals surface area contributed by atoms with Crippen LogP contribution in [0.1, 0.15) is 35.8 Å². The molecule has 0 spiro atoms. The summed E-state index contributed by atoms with van der Waals surface area (Å²) in [5, 5.41) is 0. The molecule has 0 saturated carbocycles. The van der Waals surface area contributed by atoms with Gasteiger partial charge in [0, 0.05) is 12.2 Å². The summed E-state index contributed by atoms with van der Waals surface area (Å²) in [5.41, 5.74) is 5.01. The van der Waals surface area contributed by atoms with E-state index in [0.717, 1.165) is 47.5 Å². The highest BCUT2D eigenvalue weighted by atomic mass is 19.1. The Bertz CT molecular complexity index is 970. The van der Waals surface area contributed by atoms with Crippen LogP contribution in [0.2, 0.25) is 0 Å². The van der Waals surface area contributed by atoms with Crippen LogP contribution in [-0.2, 0) is 11.2 Å². The van der Waals surface area contributed by atoms with E-state index in [2.05, 4.69) is 24.3 Å². The molecule has 0 aliphatic carbocycles. The summed E-state index contributed by atoms with van der Waals surface area (Å²) in [6.07, 6.45) is 2.17. The Morgan fingerprint density at radius 3 is 2.57 bits per heavy atom. The second-order valence-electron chi connectivity index (χ2n) is 7.34. The second kappa shape index (κ2) is 7.93. The maximum Gasteiger partial charge on any atom is 0.227 e. The van der Waals surface area contributed by atoms with E-state index in [4.69, 9.17) is 4.98 Å². The first-order valence-electron chi connectivity index (χ1n) is 9.68. The summed E-state index contributed by atoms with van der Waals surface area (Å²) in [6.45, 7) is 2.73. The van der Waals surface area contributed by atoms with Gasteiger partial charge in [0.15, 0.2) is 0 Å². The van der Waals surface area contributed by atoms with Gasteiger partial charge in [0.1, 0.15) is 5.82 Å². The van der Waals surface area contributed by atoms with Gasteiger partial charge in [0.05, 0.1) is 18.2 Å². The number of carbonyl (C=O) groups excluding carboxylic acids is 1. The van der Waals surface area contributed by atoms with Crippen molar-refractivity contribution >= 4 is 5.91 Å². The Morgan fingerprint density at radius 1 is 1.07 bits per heavy atom. The van der Waals surface area contributed by atoms with Crippen LogP contribution in [0.4, 0.5) is 4.39 Å². The SMILES string of the molecule is Cc1cc(-c2ccccc2)cc([C@@H]2CCCN2C(=O)Cc2ccc(F)cc2)n1. The van der Waals surface area contributed by atoms with Crippen LogP contribution in [0.15, 0.2) is 66.7 Å². The van der Waals surface area contributed by atoms with E-state index in [9.17, 15) is 9.18 Å². The molecule has 1 atom stereocenters. The van der Waals surface area contributed by atoms with Gasteiger partial charge in [-0.2, -0.15) is 0 Å². The van der Waals surface area contributed by atoms with Crippen molar-refractivity contribution in [2.45, 2.75) is 32.2 Å². The van der Waals surface area contributed by atoms with Crippen molar-refractivity contribution in [3.05, 3.63) is 89.5 Å². The molecule has 1 fully saturated rings. The van der Waals surface area contributed by atoms with Crippen LogP contribution in [-0.4, -0.2) is 22.3 Å². The number of likely N-dealkylation sites (tertiary alicyclic amines) is 1. The zero-order chi connectivity index (χ0) is 19.5. The Labute approximate surface area is 164 Å². The number of nitrogens with zero attached hydrogens (tertiary/aromatic N) is 2. The number of halogens is 1. The van der Waals surface area contributed by atoms with Crippen LogP contribution < -0.4 is 0 Å². The normalized spacial score (nSPS) is 16.4. The molecule has 28 heavy (non-hydrogen) atoms. The molecule has 1 aromatic heterocycles. The summed E-state index contributed by atoms with van der Waals surface area (Å²) in [6, 6.07) is 20.6. The average molecular weight is 374 g/mol. The second-order valence-corrected chi connectivity index (χ2v) is 7.34. The van der Waals surface area contributed by atoms with Gasteiger partial charge in [0.2, 0.25) is 5.91 Å². The number of hydrogen-bond donors (Lipinski definition) is 0. The quantitative estimate of drug-likeness (QED) is 0.636. The number of benzene rings is 2. The van der Waals surface area contributed by atoms with Crippen molar-refractivity contribution in [2.75, 3.05) is 6.54 Å². The molecule has 142 valence electrons. The average Bonchev–Trinajstić information content (AvgIpc) is 3.20. The molecule has 0 bridgehead atoms. The van der Waals surface area contributed by atoms with E-state index >= 15 is 0 Å². The molecule has 2 heterocycles. The standard InChI is InChI=1S/C24H23FN2O/c1-17-14-20(19-6-3-2-4-7-19)16-22(26-17)23-8-5-13-27(23)24(28)15-18-9-11-21(25)12-10-18/h2-4,6-7,9-12,14,16,23H,5,8,13,15H2,1H3/t23-/m0/s1. The lowest BCUT2D eigenvalue weighted by atomic mass is 10.0. The number of amides is 1. The van der Waals surface area contributed by atoms with Crippen LogP contribution in [0.3, 0.4) is 0 Å². The molecule has 1 amide bonds. The first-order valence-corrected chi connectivity index (χ1v) is 9.68. The summed E-state index contributed by atoms with van der Waals surface area (Å²) < 4.78 is 13.1. The summed E-state index contributed by atoms with van der Waals surface area (Å²) in [5.74, 6) is -0.216. The fourth-order valence-electron chi connectivity index (χ4n) is 3.91. The zero-order valence-electron chi connectivity index (χ0n) is 15.9. The Kier molecular flexibility index (Phi) is 5.20. The molecular weight excluding hydrogens is 351 g/mol. The van der Waals surface area contributed by atoms with Crippen LogP contribution in [0, 0.1) is 12.7 Å². The number of aromatic nitrogens is 1. The minimum Gasteiger partial charge on any atom is -0.334 e. The van der Waals surface area contributed by atoms with Gasteiger partial charge in [-0.1, -0.05) is 42.5 Å². The molecule has 4 rings (SSSR count). The molecule has 4 heteroatoms. The van der Waals surface area contributed by atoms with Gasteiger partial charge in [-0.3, -0.25) is 9.78 Å². The Hall–Kier alpha value is -3.01. The predicted octanol–water partition coefficient (Wildman–Crippen LogP) is 5.10. The van der Waals surface area contributed by atoms with Crippen molar-refractivity contribution in [2.24, 2.45) is 0 Å².